The van der Waals surface area contributed by atoms with Crippen LogP contribution in [0.4, 0.5) is 5.69 Å². The van der Waals surface area contributed by atoms with Gasteiger partial charge in [0.1, 0.15) is 0 Å². The maximum absolute atomic E-state index is 8.67. The monoisotopic (exact) mass is 166 g/mol. The summed E-state index contributed by atoms with van der Waals surface area (Å²) in [5, 5.41) is 8.67. The van der Waals surface area contributed by atoms with E-state index in [1.165, 1.54) is 0 Å². The van der Waals surface area contributed by atoms with Crippen LogP contribution in [0.3, 0.4) is 0 Å². The Morgan fingerprint density at radius 1 is 1.33 bits per heavy atom. The van der Waals surface area contributed by atoms with Crippen molar-refractivity contribution >= 4 is 5.69 Å². The first kappa shape index (κ1) is 9.03. The summed E-state index contributed by atoms with van der Waals surface area (Å²) < 4.78 is 0. The van der Waals surface area contributed by atoms with Gasteiger partial charge in [-0.25, -0.2) is 0 Å². The third-order valence-electron chi connectivity index (χ3n) is 1.84. The Morgan fingerprint density at radius 2 is 2.00 bits per heavy atom. The minimum Gasteiger partial charge on any atom is -0.398 e. The number of aliphatic hydroxyl groups is 1. The number of hydrogen-bond donors (Lipinski definition) is 3. The summed E-state index contributed by atoms with van der Waals surface area (Å²) in [5.74, 6) is 0. The average molecular weight is 166 g/mol. The van der Waals surface area contributed by atoms with Crippen LogP contribution in [-0.2, 0) is 0 Å². The third kappa shape index (κ3) is 1.96. The highest BCUT2D eigenvalue weighted by atomic mass is 16.3. The third-order valence-corrected chi connectivity index (χ3v) is 1.84. The molecule has 1 rings (SSSR count). The molecular formula is C9H14N2O. The molecule has 0 radical (unpaired) electrons. The first-order valence-electron chi connectivity index (χ1n) is 3.96. The van der Waals surface area contributed by atoms with Crippen LogP contribution in [0.2, 0.25) is 0 Å². The molecule has 0 aliphatic rings. The van der Waals surface area contributed by atoms with Crippen LogP contribution >= 0.6 is 0 Å². The highest BCUT2D eigenvalue weighted by molar-refractivity contribution is 5.47. The van der Waals surface area contributed by atoms with Gasteiger partial charge < -0.3 is 16.6 Å². The topological polar surface area (TPSA) is 72.3 Å². The Hall–Kier alpha value is -1.06. The highest BCUT2D eigenvalue weighted by Crippen LogP contribution is 2.19. The van der Waals surface area contributed by atoms with E-state index in [4.69, 9.17) is 16.6 Å². The number of benzene rings is 1. The summed E-state index contributed by atoms with van der Waals surface area (Å²) in [6.07, 6.45) is 0.550. The lowest BCUT2D eigenvalue weighted by molar-refractivity contribution is 0.276. The molecule has 0 spiro atoms. The van der Waals surface area contributed by atoms with Crippen LogP contribution in [0.1, 0.15) is 18.0 Å². The van der Waals surface area contributed by atoms with Crippen molar-refractivity contribution in [3.63, 3.8) is 0 Å². The summed E-state index contributed by atoms with van der Waals surface area (Å²) in [6, 6.07) is 7.30. The van der Waals surface area contributed by atoms with Gasteiger partial charge in [-0.15, -0.1) is 0 Å². The van der Waals surface area contributed by atoms with Gasteiger partial charge in [-0.05, 0) is 18.1 Å². The fraction of sp³-hybridized carbons (Fsp3) is 0.333. The largest absolute Gasteiger partial charge is 0.398 e. The second-order valence-electron chi connectivity index (χ2n) is 2.75. The molecule has 0 saturated heterocycles. The van der Waals surface area contributed by atoms with Crippen LogP contribution in [0.25, 0.3) is 0 Å². The summed E-state index contributed by atoms with van der Waals surface area (Å²) in [7, 11) is 0. The second-order valence-corrected chi connectivity index (χ2v) is 2.75. The van der Waals surface area contributed by atoms with Crippen molar-refractivity contribution < 1.29 is 5.11 Å². The second kappa shape index (κ2) is 4.09. The Labute approximate surface area is 72.0 Å². The molecule has 0 amide bonds. The molecule has 0 heterocycles. The zero-order valence-electron chi connectivity index (χ0n) is 6.90. The standard InChI is InChI=1S/C9H14N2O/c10-8-4-2-1-3-7(8)9(11)5-6-12/h1-4,9,12H,5-6,10-11H2. The minimum absolute atomic E-state index is 0.0928. The van der Waals surface area contributed by atoms with Crippen LogP contribution in [-0.4, -0.2) is 11.7 Å². The Kier molecular flexibility index (Phi) is 3.08. The average Bonchev–Trinajstić information content (AvgIpc) is 2.05. The minimum atomic E-state index is -0.156. The van der Waals surface area contributed by atoms with Gasteiger partial charge in [-0.3, -0.25) is 0 Å². The first-order chi connectivity index (χ1) is 5.75. The number of aliphatic hydroxyl groups excluding tert-OH is 1. The molecule has 12 heavy (non-hydrogen) atoms. The molecular weight excluding hydrogens is 152 g/mol. The Balaban J connectivity index is 2.79. The maximum atomic E-state index is 8.67. The summed E-state index contributed by atoms with van der Waals surface area (Å²) in [6.45, 7) is 0.0928. The fourth-order valence-corrected chi connectivity index (χ4v) is 1.14. The highest BCUT2D eigenvalue weighted by Gasteiger charge is 2.06. The van der Waals surface area contributed by atoms with Crippen molar-refractivity contribution in [3.8, 4) is 0 Å². The van der Waals surface area contributed by atoms with E-state index in [-0.39, 0.29) is 12.6 Å². The molecule has 0 fully saturated rings. The maximum Gasteiger partial charge on any atom is 0.0449 e. The van der Waals surface area contributed by atoms with Crippen molar-refractivity contribution in [2.24, 2.45) is 5.73 Å². The van der Waals surface area contributed by atoms with Gasteiger partial charge in [-0.1, -0.05) is 18.2 Å². The number of nitrogen functional groups attached to an aromatic ring is 1. The van der Waals surface area contributed by atoms with Gasteiger partial charge in [0.25, 0.3) is 0 Å². The molecule has 0 aliphatic heterocycles. The molecule has 0 saturated carbocycles. The van der Waals surface area contributed by atoms with Crippen molar-refractivity contribution in [2.45, 2.75) is 12.5 Å². The zero-order chi connectivity index (χ0) is 8.97. The summed E-state index contributed by atoms with van der Waals surface area (Å²) >= 11 is 0. The molecule has 3 heteroatoms. The summed E-state index contributed by atoms with van der Waals surface area (Å²) in [4.78, 5) is 0. The number of anilines is 1. The number of hydrogen-bond acceptors (Lipinski definition) is 3. The van der Waals surface area contributed by atoms with E-state index in [9.17, 15) is 0 Å². The van der Waals surface area contributed by atoms with Crippen LogP contribution in [0.5, 0.6) is 0 Å². The van der Waals surface area contributed by atoms with Gasteiger partial charge in [0.15, 0.2) is 0 Å². The van der Waals surface area contributed by atoms with Gasteiger partial charge in [0.05, 0.1) is 0 Å². The lowest BCUT2D eigenvalue weighted by atomic mass is 10.0. The van der Waals surface area contributed by atoms with E-state index < -0.39 is 0 Å². The summed E-state index contributed by atoms with van der Waals surface area (Å²) in [5.41, 5.74) is 13.1. The molecule has 1 atom stereocenters. The zero-order valence-corrected chi connectivity index (χ0v) is 6.90. The van der Waals surface area contributed by atoms with Gasteiger partial charge >= 0.3 is 0 Å². The molecule has 1 aromatic carbocycles. The van der Waals surface area contributed by atoms with Gasteiger partial charge in [0.2, 0.25) is 0 Å². The lowest BCUT2D eigenvalue weighted by Gasteiger charge is -2.12. The van der Waals surface area contributed by atoms with E-state index in [0.717, 1.165) is 5.56 Å². The van der Waals surface area contributed by atoms with Crippen LogP contribution < -0.4 is 11.5 Å². The van der Waals surface area contributed by atoms with E-state index in [1.807, 2.05) is 24.3 Å². The molecule has 5 N–H and O–H groups in total. The van der Waals surface area contributed by atoms with Crippen molar-refractivity contribution in [1.82, 2.24) is 0 Å². The smallest absolute Gasteiger partial charge is 0.0449 e. The van der Waals surface area contributed by atoms with Crippen molar-refractivity contribution in [1.29, 1.82) is 0 Å². The predicted octanol–water partition coefficient (Wildman–Crippen LogP) is 0.651. The van der Waals surface area contributed by atoms with Crippen molar-refractivity contribution in [3.05, 3.63) is 29.8 Å². The number of nitrogens with two attached hydrogens (primary N) is 2. The van der Waals surface area contributed by atoms with Crippen LogP contribution in [0.15, 0.2) is 24.3 Å². The Bertz CT molecular complexity index is 250. The SMILES string of the molecule is Nc1ccccc1C(N)CCO. The molecule has 3 nitrogen and oxygen atoms in total. The molecule has 0 aromatic heterocycles. The predicted molar refractivity (Wildman–Crippen MR) is 49.5 cm³/mol. The quantitative estimate of drug-likeness (QED) is 0.577. The van der Waals surface area contributed by atoms with Gasteiger partial charge in [-0.2, -0.15) is 0 Å². The molecule has 0 bridgehead atoms. The van der Waals surface area contributed by atoms with Crippen molar-refractivity contribution in [2.75, 3.05) is 12.3 Å². The van der Waals surface area contributed by atoms with E-state index in [2.05, 4.69) is 0 Å². The number of para-hydroxylation sites is 1. The van der Waals surface area contributed by atoms with Crippen LogP contribution in [0, 0.1) is 0 Å². The molecule has 1 unspecified atom stereocenters. The molecule has 0 aliphatic carbocycles. The fourth-order valence-electron chi connectivity index (χ4n) is 1.14. The molecule has 66 valence electrons. The normalized spacial score (nSPS) is 12.8. The first-order valence-corrected chi connectivity index (χ1v) is 3.96. The van der Waals surface area contributed by atoms with Gasteiger partial charge in [0, 0.05) is 18.3 Å². The van der Waals surface area contributed by atoms with E-state index in [0.29, 0.717) is 12.1 Å². The Morgan fingerprint density at radius 3 is 2.58 bits per heavy atom. The lowest BCUT2D eigenvalue weighted by Crippen LogP contribution is -2.13. The van der Waals surface area contributed by atoms with E-state index >= 15 is 0 Å². The van der Waals surface area contributed by atoms with E-state index in [1.54, 1.807) is 0 Å². The number of rotatable bonds is 3. The molecule has 1 aromatic rings.